The minimum Gasteiger partial charge on any atom is -0.461 e. The molecule has 0 radical (unpaired) electrons. The first-order valence-corrected chi connectivity index (χ1v) is 8.46. The molecule has 0 aliphatic rings. The number of aryl methyl sites for hydroxylation is 2. The number of ether oxygens (including phenoxy) is 1. The quantitative estimate of drug-likeness (QED) is 0.632. The number of carbonyl (C=O) groups excluding carboxylic acids is 1. The SMILES string of the molecule is Cc1nc2ncnn2c(C)c1CCC(=O)OCc1ccc(Cl)cc1Cl. The van der Waals surface area contributed by atoms with Crippen LogP contribution in [0, 0.1) is 13.8 Å². The zero-order valence-corrected chi connectivity index (χ0v) is 15.3. The van der Waals surface area contributed by atoms with Gasteiger partial charge < -0.3 is 4.74 Å². The molecule has 8 heteroatoms. The maximum atomic E-state index is 12.1. The van der Waals surface area contributed by atoms with Gasteiger partial charge in [-0.1, -0.05) is 29.3 Å². The van der Waals surface area contributed by atoms with E-state index < -0.39 is 0 Å². The first-order chi connectivity index (χ1) is 12.0. The fraction of sp³-hybridized carbons (Fsp3) is 0.294. The highest BCUT2D eigenvalue weighted by molar-refractivity contribution is 6.35. The van der Waals surface area contributed by atoms with Crippen LogP contribution in [0.15, 0.2) is 24.5 Å². The summed E-state index contributed by atoms with van der Waals surface area (Å²) >= 11 is 11.9. The monoisotopic (exact) mass is 378 g/mol. The Morgan fingerprint density at radius 2 is 2.08 bits per heavy atom. The standard InChI is InChI=1S/C17H16Cl2N4O2/c1-10-14(11(2)23-17(22-10)20-9-21-23)5-6-16(24)25-8-12-3-4-13(18)7-15(12)19/h3-4,7,9H,5-6,8H2,1-2H3. The van der Waals surface area contributed by atoms with Gasteiger partial charge in [0.25, 0.3) is 5.78 Å². The van der Waals surface area contributed by atoms with Gasteiger partial charge in [-0.15, -0.1) is 0 Å². The lowest BCUT2D eigenvalue weighted by atomic mass is 10.1. The highest BCUT2D eigenvalue weighted by atomic mass is 35.5. The topological polar surface area (TPSA) is 69.4 Å². The summed E-state index contributed by atoms with van der Waals surface area (Å²) in [4.78, 5) is 20.5. The highest BCUT2D eigenvalue weighted by Gasteiger charge is 2.13. The van der Waals surface area contributed by atoms with Crippen LogP contribution in [0.5, 0.6) is 0 Å². The zero-order chi connectivity index (χ0) is 18.0. The van der Waals surface area contributed by atoms with Crippen molar-refractivity contribution >= 4 is 34.9 Å². The molecule has 0 fully saturated rings. The lowest BCUT2D eigenvalue weighted by molar-refractivity contribution is -0.144. The number of fused-ring (bicyclic) bond motifs is 1. The van der Waals surface area contributed by atoms with Crippen LogP contribution in [-0.4, -0.2) is 25.6 Å². The molecule has 0 N–H and O–H groups in total. The Morgan fingerprint density at radius 3 is 2.84 bits per heavy atom. The average Bonchev–Trinajstić information content (AvgIpc) is 3.02. The molecular formula is C17H16Cl2N4O2. The van der Waals surface area contributed by atoms with Crippen molar-refractivity contribution in [3.63, 3.8) is 0 Å². The Kier molecular flexibility index (Phi) is 5.20. The smallest absolute Gasteiger partial charge is 0.306 e. The number of esters is 1. The predicted octanol–water partition coefficient (Wildman–Crippen LogP) is 3.72. The summed E-state index contributed by atoms with van der Waals surface area (Å²) in [6.45, 7) is 3.95. The van der Waals surface area contributed by atoms with Crippen LogP contribution in [0.25, 0.3) is 5.78 Å². The maximum absolute atomic E-state index is 12.1. The van der Waals surface area contributed by atoms with Crippen molar-refractivity contribution in [3.8, 4) is 0 Å². The summed E-state index contributed by atoms with van der Waals surface area (Å²) in [5.74, 6) is 0.252. The molecule has 0 amide bonds. The minimum atomic E-state index is -0.302. The molecule has 0 saturated carbocycles. The largest absolute Gasteiger partial charge is 0.461 e. The van der Waals surface area contributed by atoms with E-state index in [9.17, 15) is 4.79 Å². The third-order valence-electron chi connectivity index (χ3n) is 3.97. The second kappa shape index (κ2) is 7.37. The van der Waals surface area contributed by atoms with E-state index in [1.165, 1.54) is 6.33 Å². The number of aromatic nitrogens is 4. The number of carbonyl (C=O) groups is 1. The number of rotatable bonds is 5. The molecule has 3 aromatic rings. The van der Waals surface area contributed by atoms with Crippen molar-refractivity contribution in [2.75, 3.05) is 0 Å². The van der Waals surface area contributed by atoms with Gasteiger partial charge in [0, 0.05) is 33.4 Å². The van der Waals surface area contributed by atoms with E-state index in [4.69, 9.17) is 27.9 Å². The molecular weight excluding hydrogens is 363 g/mol. The molecule has 0 unspecified atom stereocenters. The molecule has 0 atom stereocenters. The van der Waals surface area contributed by atoms with Crippen LogP contribution in [-0.2, 0) is 22.6 Å². The van der Waals surface area contributed by atoms with Gasteiger partial charge >= 0.3 is 5.97 Å². The van der Waals surface area contributed by atoms with Gasteiger partial charge in [-0.3, -0.25) is 4.79 Å². The molecule has 0 saturated heterocycles. The number of hydrogen-bond donors (Lipinski definition) is 0. The Balaban J connectivity index is 1.62. The van der Waals surface area contributed by atoms with Gasteiger partial charge in [0.1, 0.15) is 12.9 Å². The molecule has 1 aromatic carbocycles. The second-order valence-corrected chi connectivity index (χ2v) is 6.47. The van der Waals surface area contributed by atoms with Crippen molar-refractivity contribution < 1.29 is 9.53 Å². The fourth-order valence-electron chi connectivity index (χ4n) is 2.61. The van der Waals surface area contributed by atoms with Crippen molar-refractivity contribution in [3.05, 3.63) is 57.1 Å². The summed E-state index contributed by atoms with van der Waals surface area (Å²) < 4.78 is 6.97. The van der Waals surface area contributed by atoms with E-state index in [1.807, 2.05) is 13.8 Å². The molecule has 130 valence electrons. The van der Waals surface area contributed by atoms with Crippen LogP contribution in [0.2, 0.25) is 10.0 Å². The lowest BCUT2D eigenvalue weighted by Gasteiger charge is -2.10. The average molecular weight is 379 g/mol. The third kappa shape index (κ3) is 3.91. The van der Waals surface area contributed by atoms with Crippen LogP contribution in [0.1, 0.15) is 28.9 Å². The molecule has 0 aliphatic heterocycles. The summed E-state index contributed by atoms with van der Waals surface area (Å²) in [5.41, 5.74) is 3.46. The lowest BCUT2D eigenvalue weighted by Crippen LogP contribution is -2.10. The molecule has 25 heavy (non-hydrogen) atoms. The van der Waals surface area contributed by atoms with E-state index in [0.717, 1.165) is 22.5 Å². The summed E-state index contributed by atoms with van der Waals surface area (Å²) in [6.07, 6.45) is 2.23. The maximum Gasteiger partial charge on any atom is 0.306 e. The second-order valence-electron chi connectivity index (χ2n) is 5.63. The van der Waals surface area contributed by atoms with Crippen LogP contribution < -0.4 is 0 Å². The van der Waals surface area contributed by atoms with E-state index in [2.05, 4.69) is 15.1 Å². The molecule has 2 aromatic heterocycles. The van der Waals surface area contributed by atoms with Gasteiger partial charge in [-0.05, 0) is 38.0 Å². The van der Waals surface area contributed by atoms with E-state index in [1.54, 1.807) is 22.7 Å². The third-order valence-corrected chi connectivity index (χ3v) is 4.56. The molecule has 0 aliphatic carbocycles. The van der Waals surface area contributed by atoms with E-state index in [-0.39, 0.29) is 19.0 Å². The van der Waals surface area contributed by atoms with Crippen molar-refractivity contribution in [2.24, 2.45) is 0 Å². The Hall–Kier alpha value is -2.18. The van der Waals surface area contributed by atoms with Gasteiger partial charge in [0.2, 0.25) is 0 Å². The molecule has 6 nitrogen and oxygen atoms in total. The van der Waals surface area contributed by atoms with Crippen molar-refractivity contribution in [2.45, 2.75) is 33.3 Å². The molecule has 2 heterocycles. The Bertz CT molecular complexity index is 940. The highest BCUT2D eigenvalue weighted by Crippen LogP contribution is 2.22. The predicted molar refractivity (Wildman–Crippen MR) is 94.8 cm³/mol. The van der Waals surface area contributed by atoms with Crippen molar-refractivity contribution in [1.82, 2.24) is 19.6 Å². The van der Waals surface area contributed by atoms with E-state index >= 15 is 0 Å². The number of hydrogen-bond acceptors (Lipinski definition) is 5. The Labute approximate surface area is 154 Å². The van der Waals surface area contributed by atoms with Crippen LogP contribution in [0.4, 0.5) is 0 Å². The van der Waals surface area contributed by atoms with Gasteiger partial charge in [-0.2, -0.15) is 10.1 Å². The molecule has 0 spiro atoms. The Morgan fingerprint density at radius 1 is 1.28 bits per heavy atom. The zero-order valence-electron chi connectivity index (χ0n) is 13.8. The normalized spacial score (nSPS) is 11.0. The van der Waals surface area contributed by atoms with Gasteiger partial charge in [0.15, 0.2) is 0 Å². The van der Waals surface area contributed by atoms with Gasteiger partial charge in [-0.25, -0.2) is 9.50 Å². The van der Waals surface area contributed by atoms with E-state index in [0.29, 0.717) is 22.2 Å². The first kappa shape index (κ1) is 17.6. The summed E-state index contributed by atoms with van der Waals surface area (Å²) in [5, 5.41) is 5.16. The van der Waals surface area contributed by atoms with Crippen LogP contribution in [0.3, 0.4) is 0 Å². The van der Waals surface area contributed by atoms with Crippen LogP contribution >= 0.6 is 23.2 Å². The number of nitrogens with zero attached hydrogens (tertiary/aromatic N) is 4. The van der Waals surface area contributed by atoms with Gasteiger partial charge in [0.05, 0.1) is 0 Å². The fourth-order valence-corrected chi connectivity index (χ4v) is 3.08. The first-order valence-electron chi connectivity index (χ1n) is 7.71. The number of halogens is 2. The molecule has 3 rings (SSSR count). The summed E-state index contributed by atoms with van der Waals surface area (Å²) in [6, 6.07) is 5.08. The number of benzene rings is 1. The van der Waals surface area contributed by atoms with Crippen molar-refractivity contribution in [1.29, 1.82) is 0 Å². The molecule has 0 bridgehead atoms. The minimum absolute atomic E-state index is 0.118. The summed E-state index contributed by atoms with van der Waals surface area (Å²) in [7, 11) is 0.